The number of nitrogens with one attached hydrogen (secondary N) is 2. The van der Waals surface area contributed by atoms with Crippen LogP contribution in [0.3, 0.4) is 0 Å². The molecule has 0 heterocycles. The molecule has 7 nitrogen and oxygen atoms in total. The Morgan fingerprint density at radius 1 is 1.20 bits per heavy atom. The molecule has 0 bridgehead atoms. The summed E-state index contributed by atoms with van der Waals surface area (Å²) in [6, 6.07) is 16.0. The van der Waals surface area contributed by atoms with Crippen LogP contribution in [0.1, 0.15) is 6.92 Å². The maximum Gasteiger partial charge on any atom is 0.270 e. The molecule has 1 amide bonds. The number of benzene rings is 2. The number of methoxy groups -OCH3 is 1. The van der Waals surface area contributed by atoms with Crippen molar-refractivity contribution in [2.75, 3.05) is 12.4 Å². The Morgan fingerprint density at radius 3 is 2.27 bits per heavy atom. The molecule has 2 aromatic rings. The van der Waals surface area contributed by atoms with Crippen LogP contribution in [0.2, 0.25) is 0 Å². The summed E-state index contributed by atoms with van der Waals surface area (Å²) in [5, 5.41) is 22.1. The van der Waals surface area contributed by atoms with Gasteiger partial charge < -0.3 is 15.2 Å². The van der Waals surface area contributed by atoms with Crippen molar-refractivity contribution in [1.82, 2.24) is 0 Å². The summed E-state index contributed by atoms with van der Waals surface area (Å²) >= 11 is 0. The van der Waals surface area contributed by atoms with Crippen LogP contribution in [0.25, 0.3) is 0 Å². The number of amides is 1. The zero-order chi connectivity index (χ0) is 22.3. The monoisotopic (exact) mass is 423 g/mol. The summed E-state index contributed by atoms with van der Waals surface area (Å²) in [7, 11) is -1.80. The number of allylic oxidation sites excluding steroid dienone is 2. The molecular weight excluding hydrogens is 402 g/mol. The lowest BCUT2D eigenvalue weighted by Gasteiger charge is -2.11. The van der Waals surface area contributed by atoms with Crippen molar-refractivity contribution in [3.63, 3.8) is 0 Å². The van der Waals surface area contributed by atoms with E-state index in [0.29, 0.717) is 16.3 Å². The van der Waals surface area contributed by atoms with Gasteiger partial charge in [-0.2, -0.15) is 5.26 Å². The number of nitriles is 1. The predicted molar refractivity (Wildman–Crippen MR) is 114 cm³/mol. The average molecular weight is 423 g/mol. The topological polar surface area (TPSA) is 123 Å². The van der Waals surface area contributed by atoms with Crippen LogP contribution in [0.4, 0.5) is 5.69 Å². The number of anilines is 1. The number of hydrogen-bond donors (Lipinski definition) is 3. The van der Waals surface area contributed by atoms with Crippen LogP contribution < -0.4 is 5.32 Å². The molecule has 8 heteroatoms. The Kier molecular flexibility index (Phi) is 7.17. The fourth-order valence-corrected chi connectivity index (χ4v) is 3.87. The fraction of sp³-hybridized carbons (Fsp3) is 0.0909. The standard InChI is InChI=1S/C22H21N3O4S/c1-4-19(15(2)29-3)21(26)20(14-23)22(27)25-16-10-12-18(13-11-16)30(24,28)17-8-6-5-7-9-17/h4-13,24,26H,1H2,2-3H3,(H,25,27)/b19-15+,21-20-. The molecular formula is C22H21N3O4S. The second-order valence-electron chi connectivity index (χ2n) is 6.06. The minimum absolute atomic E-state index is 0.122. The Bertz CT molecular complexity index is 1160. The van der Waals surface area contributed by atoms with Gasteiger partial charge in [0.05, 0.1) is 22.5 Å². The Hall–Kier alpha value is -3.83. The highest BCUT2D eigenvalue weighted by Gasteiger charge is 2.19. The maximum atomic E-state index is 12.8. The lowest BCUT2D eigenvalue weighted by molar-refractivity contribution is -0.112. The molecule has 0 radical (unpaired) electrons. The summed E-state index contributed by atoms with van der Waals surface area (Å²) in [6.07, 6.45) is 1.28. The van der Waals surface area contributed by atoms with E-state index in [1.807, 2.05) is 0 Å². The molecule has 2 aromatic carbocycles. The van der Waals surface area contributed by atoms with E-state index in [9.17, 15) is 19.4 Å². The van der Waals surface area contributed by atoms with Crippen LogP contribution in [0, 0.1) is 16.1 Å². The molecule has 0 aliphatic heterocycles. The van der Waals surface area contributed by atoms with Gasteiger partial charge in [-0.3, -0.25) is 4.79 Å². The molecule has 0 aromatic heterocycles. The molecule has 0 aliphatic rings. The lowest BCUT2D eigenvalue weighted by atomic mass is 10.1. The molecule has 154 valence electrons. The number of carbonyl (C=O) groups is 1. The van der Waals surface area contributed by atoms with E-state index in [-0.39, 0.29) is 10.5 Å². The summed E-state index contributed by atoms with van der Waals surface area (Å²) in [5.74, 6) is -1.10. The molecule has 30 heavy (non-hydrogen) atoms. The average Bonchev–Trinajstić information content (AvgIpc) is 2.75. The van der Waals surface area contributed by atoms with Crippen molar-refractivity contribution in [3.8, 4) is 6.07 Å². The smallest absolute Gasteiger partial charge is 0.270 e. The third-order valence-corrected chi connectivity index (χ3v) is 6.11. The van der Waals surface area contributed by atoms with E-state index in [1.165, 1.54) is 37.5 Å². The van der Waals surface area contributed by atoms with Crippen LogP contribution >= 0.6 is 0 Å². The second-order valence-corrected chi connectivity index (χ2v) is 8.12. The van der Waals surface area contributed by atoms with Gasteiger partial charge in [0.2, 0.25) is 0 Å². The lowest BCUT2D eigenvalue weighted by Crippen LogP contribution is -2.16. The first-order chi connectivity index (χ1) is 14.3. The quantitative estimate of drug-likeness (QED) is 0.261. The zero-order valence-electron chi connectivity index (χ0n) is 16.5. The first kappa shape index (κ1) is 22.5. The largest absolute Gasteiger partial charge is 0.506 e. The van der Waals surface area contributed by atoms with Crippen molar-refractivity contribution in [1.29, 1.82) is 10.0 Å². The Balaban J connectivity index is 2.31. The Labute approximate surface area is 175 Å². The van der Waals surface area contributed by atoms with Gasteiger partial charge in [0.25, 0.3) is 5.91 Å². The van der Waals surface area contributed by atoms with Crippen molar-refractivity contribution >= 4 is 21.3 Å². The van der Waals surface area contributed by atoms with E-state index in [1.54, 1.807) is 43.3 Å². The van der Waals surface area contributed by atoms with Crippen LogP contribution in [-0.4, -0.2) is 22.3 Å². The second kappa shape index (κ2) is 9.58. The number of carbonyl (C=O) groups excluding carboxylic acids is 1. The van der Waals surface area contributed by atoms with Gasteiger partial charge in [0.1, 0.15) is 27.3 Å². The van der Waals surface area contributed by atoms with Crippen molar-refractivity contribution in [2.45, 2.75) is 16.7 Å². The molecule has 0 aliphatic carbocycles. The number of aliphatic hydroxyl groups is 1. The molecule has 1 atom stereocenters. The third kappa shape index (κ3) is 4.77. The number of ether oxygens (including phenoxy) is 1. The number of hydrogen-bond acceptors (Lipinski definition) is 6. The highest BCUT2D eigenvalue weighted by Crippen LogP contribution is 2.24. The molecule has 1 unspecified atom stereocenters. The SMILES string of the molecule is C=CC(/C(O)=C(\C#N)C(=O)Nc1ccc(S(=N)(=O)c2ccccc2)cc1)=C(/C)OC. The van der Waals surface area contributed by atoms with Crippen molar-refractivity contribution < 1.29 is 18.8 Å². The fourth-order valence-electron chi connectivity index (χ4n) is 2.53. The van der Waals surface area contributed by atoms with E-state index >= 15 is 0 Å². The predicted octanol–water partition coefficient (Wildman–Crippen LogP) is 4.53. The summed E-state index contributed by atoms with van der Waals surface area (Å²) < 4.78 is 26.1. The normalized spacial score (nSPS) is 14.3. The molecule has 3 N–H and O–H groups in total. The molecule has 0 spiro atoms. The van der Waals surface area contributed by atoms with E-state index in [0.717, 1.165) is 0 Å². The van der Waals surface area contributed by atoms with Gasteiger partial charge in [-0.25, -0.2) is 8.99 Å². The molecule has 0 saturated carbocycles. The third-order valence-electron chi connectivity index (χ3n) is 4.24. The number of nitrogens with zero attached hydrogens (tertiary/aromatic N) is 1. The van der Waals surface area contributed by atoms with Crippen molar-refractivity contribution in [2.24, 2.45) is 0 Å². The molecule has 0 fully saturated rings. The number of rotatable bonds is 7. The highest BCUT2D eigenvalue weighted by molar-refractivity contribution is 7.92. The van der Waals surface area contributed by atoms with E-state index in [4.69, 9.17) is 9.52 Å². The minimum atomic E-state index is -3.19. The highest BCUT2D eigenvalue weighted by atomic mass is 32.2. The van der Waals surface area contributed by atoms with E-state index in [2.05, 4.69) is 11.9 Å². The number of aliphatic hydroxyl groups excluding tert-OH is 1. The van der Waals surface area contributed by atoms with Gasteiger partial charge in [-0.05, 0) is 43.3 Å². The van der Waals surface area contributed by atoms with Gasteiger partial charge in [0, 0.05) is 5.69 Å². The zero-order valence-corrected chi connectivity index (χ0v) is 17.3. The van der Waals surface area contributed by atoms with E-state index < -0.39 is 27.0 Å². The maximum absolute atomic E-state index is 12.8. The van der Waals surface area contributed by atoms with Gasteiger partial charge >= 0.3 is 0 Å². The van der Waals surface area contributed by atoms with Gasteiger partial charge in [-0.1, -0.05) is 30.9 Å². The van der Waals surface area contributed by atoms with Crippen LogP contribution in [0.5, 0.6) is 0 Å². The summed E-state index contributed by atoms with van der Waals surface area (Å²) in [6.45, 7) is 5.11. The van der Waals surface area contributed by atoms with Crippen LogP contribution in [0.15, 0.2) is 99.7 Å². The summed E-state index contributed by atoms with van der Waals surface area (Å²) in [4.78, 5) is 13.1. The first-order valence-corrected chi connectivity index (χ1v) is 10.3. The molecule has 0 saturated heterocycles. The summed E-state index contributed by atoms with van der Waals surface area (Å²) in [5.41, 5.74) is -0.0875. The molecule has 2 rings (SSSR count). The van der Waals surface area contributed by atoms with Gasteiger partial charge in [0.15, 0.2) is 5.57 Å². The minimum Gasteiger partial charge on any atom is -0.506 e. The Morgan fingerprint density at radius 2 is 1.77 bits per heavy atom. The van der Waals surface area contributed by atoms with Crippen LogP contribution in [-0.2, 0) is 19.3 Å². The van der Waals surface area contributed by atoms with Crippen molar-refractivity contribution in [3.05, 3.63) is 89.9 Å². The first-order valence-electron chi connectivity index (χ1n) is 8.72. The van der Waals surface area contributed by atoms with Gasteiger partial charge in [-0.15, -0.1) is 0 Å².